The van der Waals surface area contributed by atoms with Gasteiger partial charge in [-0.2, -0.15) is 0 Å². The number of piperidine rings is 1. The van der Waals surface area contributed by atoms with Gasteiger partial charge < -0.3 is 10.1 Å². The largest absolute Gasteiger partial charge is 0.359 e. The fourth-order valence-corrected chi connectivity index (χ4v) is 2.43. The minimum Gasteiger partial charge on any atom is -0.359 e. The van der Waals surface area contributed by atoms with Crippen LogP contribution in [-0.4, -0.2) is 31.5 Å². The molecule has 2 fully saturated rings. The molecule has 2 N–H and O–H groups in total. The number of rotatable bonds is 1. The highest BCUT2D eigenvalue weighted by Crippen LogP contribution is 2.29. The molecule has 76 valence electrons. The van der Waals surface area contributed by atoms with Crippen molar-refractivity contribution < 1.29 is 4.74 Å². The van der Waals surface area contributed by atoms with E-state index < -0.39 is 0 Å². The highest BCUT2D eigenvalue weighted by molar-refractivity contribution is 4.91. The van der Waals surface area contributed by atoms with E-state index in [0.717, 1.165) is 13.2 Å². The van der Waals surface area contributed by atoms with Gasteiger partial charge in [0.1, 0.15) is 5.72 Å². The van der Waals surface area contributed by atoms with E-state index >= 15 is 0 Å². The maximum Gasteiger partial charge on any atom is 0.120 e. The van der Waals surface area contributed by atoms with E-state index in [4.69, 9.17) is 4.74 Å². The van der Waals surface area contributed by atoms with Gasteiger partial charge in [0.25, 0.3) is 0 Å². The molecule has 0 aromatic heterocycles. The van der Waals surface area contributed by atoms with Crippen molar-refractivity contribution in [3.8, 4) is 0 Å². The fraction of sp³-hybridized carbons (Fsp3) is 1.00. The molecule has 3 heteroatoms. The molecule has 0 aromatic rings. The molecule has 3 unspecified atom stereocenters. The number of ether oxygens (including phenoxy) is 1. The molecule has 0 aromatic carbocycles. The molecule has 2 aliphatic heterocycles. The van der Waals surface area contributed by atoms with Crippen LogP contribution in [-0.2, 0) is 4.74 Å². The maximum atomic E-state index is 5.84. The van der Waals surface area contributed by atoms with Crippen molar-refractivity contribution in [3.05, 3.63) is 0 Å². The lowest BCUT2D eigenvalue weighted by molar-refractivity contribution is -0.0498. The summed E-state index contributed by atoms with van der Waals surface area (Å²) in [5, 5.41) is 6.97. The molecular formula is C10H20N2O. The van der Waals surface area contributed by atoms with E-state index in [1.165, 1.54) is 19.4 Å². The summed E-state index contributed by atoms with van der Waals surface area (Å²) < 4.78 is 5.84. The quantitative estimate of drug-likeness (QED) is 0.629. The lowest BCUT2D eigenvalue weighted by Crippen LogP contribution is -2.52. The SMILES string of the molecule is CC1COC(C)(C2CCCNC2)N1. The molecule has 0 bridgehead atoms. The van der Waals surface area contributed by atoms with Gasteiger partial charge in [-0.3, -0.25) is 5.32 Å². The van der Waals surface area contributed by atoms with Crippen molar-refractivity contribution in [1.82, 2.24) is 10.6 Å². The first kappa shape index (κ1) is 9.44. The lowest BCUT2D eigenvalue weighted by Gasteiger charge is -2.36. The van der Waals surface area contributed by atoms with Gasteiger partial charge in [0.2, 0.25) is 0 Å². The zero-order valence-corrected chi connectivity index (χ0v) is 8.60. The molecule has 0 radical (unpaired) electrons. The van der Waals surface area contributed by atoms with Crippen molar-refractivity contribution in [2.75, 3.05) is 19.7 Å². The summed E-state index contributed by atoms with van der Waals surface area (Å²) in [6.07, 6.45) is 2.56. The van der Waals surface area contributed by atoms with E-state index in [9.17, 15) is 0 Å². The first-order chi connectivity index (χ1) is 6.21. The topological polar surface area (TPSA) is 33.3 Å². The molecule has 3 atom stereocenters. The van der Waals surface area contributed by atoms with E-state index in [2.05, 4.69) is 24.5 Å². The second-order valence-corrected chi connectivity index (χ2v) is 4.51. The van der Waals surface area contributed by atoms with Gasteiger partial charge >= 0.3 is 0 Å². The third kappa shape index (κ3) is 1.87. The Labute approximate surface area is 80.2 Å². The van der Waals surface area contributed by atoms with Crippen LogP contribution in [0.3, 0.4) is 0 Å². The summed E-state index contributed by atoms with van der Waals surface area (Å²) in [5.41, 5.74) is -0.0766. The van der Waals surface area contributed by atoms with E-state index in [1.54, 1.807) is 0 Å². The molecule has 2 heterocycles. The van der Waals surface area contributed by atoms with Crippen molar-refractivity contribution in [2.24, 2.45) is 5.92 Å². The number of hydrogen-bond donors (Lipinski definition) is 2. The van der Waals surface area contributed by atoms with Crippen LogP contribution in [0, 0.1) is 5.92 Å². The standard InChI is InChI=1S/C10H20N2O/c1-8-7-13-10(2,12-8)9-4-3-5-11-6-9/h8-9,11-12H,3-7H2,1-2H3. The third-order valence-corrected chi connectivity index (χ3v) is 3.24. The minimum absolute atomic E-state index is 0.0766. The molecule has 2 rings (SSSR count). The van der Waals surface area contributed by atoms with Gasteiger partial charge in [-0.25, -0.2) is 0 Å². The fourth-order valence-electron chi connectivity index (χ4n) is 2.43. The van der Waals surface area contributed by atoms with Crippen LogP contribution >= 0.6 is 0 Å². The van der Waals surface area contributed by atoms with Gasteiger partial charge in [-0.1, -0.05) is 0 Å². The monoisotopic (exact) mass is 184 g/mol. The Balaban J connectivity index is 1.97. The van der Waals surface area contributed by atoms with Crippen molar-refractivity contribution >= 4 is 0 Å². The first-order valence-corrected chi connectivity index (χ1v) is 5.33. The first-order valence-electron chi connectivity index (χ1n) is 5.33. The van der Waals surface area contributed by atoms with Crippen LogP contribution in [0.25, 0.3) is 0 Å². The summed E-state index contributed by atoms with van der Waals surface area (Å²) in [4.78, 5) is 0. The minimum atomic E-state index is -0.0766. The summed E-state index contributed by atoms with van der Waals surface area (Å²) >= 11 is 0. The Morgan fingerprint density at radius 3 is 2.85 bits per heavy atom. The molecule has 2 aliphatic rings. The van der Waals surface area contributed by atoms with Crippen LogP contribution in [0.15, 0.2) is 0 Å². The van der Waals surface area contributed by atoms with Crippen LogP contribution in [0.2, 0.25) is 0 Å². The van der Waals surface area contributed by atoms with Gasteiger partial charge in [0.15, 0.2) is 0 Å². The predicted octanol–water partition coefficient (Wildman–Crippen LogP) is 0.710. The second-order valence-electron chi connectivity index (χ2n) is 4.51. The van der Waals surface area contributed by atoms with Crippen molar-refractivity contribution in [3.63, 3.8) is 0 Å². The van der Waals surface area contributed by atoms with Gasteiger partial charge in [0.05, 0.1) is 6.61 Å². The highest BCUT2D eigenvalue weighted by atomic mass is 16.5. The summed E-state index contributed by atoms with van der Waals surface area (Å²) in [6, 6.07) is 0.506. The molecule has 0 aliphatic carbocycles. The smallest absolute Gasteiger partial charge is 0.120 e. The van der Waals surface area contributed by atoms with E-state index in [1.807, 2.05) is 0 Å². The summed E-state index contributed by atoms with van der Waals surface area (Å²) in [6.45, 7) is 7.49. The zero-order valence-electron chi connectivity index (χ0n) is 8.60. The Morgan fingerprint density at radius 2 is 2.31 bits per heavy atom. The Hall–Kier alpha value is -0.120. The molecule has 3 nitrogen and oxygen atoms in total. The van der Waals surface area contributed by atoms with Gasteiger partial charge in [-0.15, -0.1) is 0 Å². The molecular weight excluding hydrogens is 164 g/mol. The average molecular weight is 184 g/mol. The average Bonchev–Trinajstić information content (AvgIpc) is 2.49. The van der Waals surface area contributed by atoms with E-state index in [0.29, 0.717) is 12.0 Å². The molecule has 13 heavy (non-hydrogen) atoms. The summed E-state index contributed by atoms with van der Waals surface area (Å²) in [5.74, 6) is 0.631. The maximum absolute atomic E-state index is 5.84. The van der Waals surface area contributed by atoms with Crippen LogP contribution < -0.4 is 10.6 Å². The number of hydrogen-bond acceptors (Lipinski definition) is 3. The van der Waals surface area contributed by atoms with Crippen LogP contribution in [0.4, 0.5) is 0 Å². The molecule has 0 spiro atoms. The van der Waals surface area contributed by atoms with Gasteiger partial charge in [0, 0.05) is 18.5 Å². The van der Waals surface area contributed by atoms with Crippen molar-refractivity contribution in [2.45, 2.75) is 38.5 Å². The van der Waals surface area contributed by atoms with Crippen LogP contribution in [0.5, 0.6) is 0 Å². The van der Waals surface area contributed by atoms with Crippen molar-refractivity contribution in [1.29, 1.82) is 0 Å². The zero-order chi connectivity index (χ0) is 9.31. The molecule has 2 saturated heterocycles. The second kappa shape index (κ2) is 3.56. The predicted molar refractivity (Wildman–Crippen MR) is 52.5 cm³/mol. The third-order valence-electron chi connectivity index (χ3n) is 3.24. The Morgan fingerprint density at radius 1 is 1.46 bits per heavy atom. The normalized spacial score (nSPS) is 46.6. The summed E-state index contributed by atoms with van der Waals surface area (Å²) in [7, 11) is 0. The Kier molecular flexibility index (Phi) is 2.58. The lowest BCUT2D eigenvalue weighted by atomic mass is 9.89. The highest BCUT2D eigenvalue weighted by Gasteiger charge is 2.40. The Bertz CT molecular complexity index is 180. The van der Waals surface area contributed by atoms with E-state index in [-0.39, 0.29) is 5.72 Å². The number of nitrogens with one attached hydrogen (secondary N) is 2. The van der Waals surface area contributed by atoms with Crippen LogP contribution in [0.1, 0.15) is 26.7 Å². The molecule has 0 saturated carbocycles. The molecule has 0 amide bonds. The van der Waals surface area contributed by atoms with Gasteiger partial charge in [-0.05, 0) is 33.2 Å².